The van der Waals surface area contributed by atoms with Gasteiger partial charge in [0.05, 0.1) is 12.0 Å². The molecule has 1 fully saturated rings. The molecule has 1 saturated heterocycles. The molecule has 1 amide bonds. The smallest absolute Gasteiger partial charge is 0.336 e. The molecule has 4 rings (SSSR count). The van der Waals surface area contributed by atoms with E-state index in [1.807, 2.05) is 12.1 Å². The molecule has 3 aromatic heterocycles. The molecule has 1 N–H and O–H groups in total. The highest BCUT2D eigenvalue weighted by molar-refractivity contribution is 7.15. The second-order valence-corrected chi connectivity index (χ2v) is 7.99. The van der Waals surface area contributed by atoms with Crippen molar-refractivity contribution in [1.82, 2.24) is 24.5 Å². The number of thiazole rings is 1. The number of amides is 1. The summed E-state index contributed by atoms with van der Waals surface area (Å²) < 4.78 is 27.0. The molecule has 154 valence electrons. The first-order chi connectivity index (χ1) is 13.9. The number of halogens is 1. The van der Waals surface area contributed by atoms with Crippen molar-refractivity contribution in [3.63, 3.8) is 0 Å². The summed E-state index contributed by atoms with van der Waals surface area (Å²) in [4.78, 5) is 21.9. The fourth-order valence-corrected chi connectivity index (χ4v) is 4.31. The Bertz CT molecular complexity index is 1040. The van der Waals surface area contributed by atoms with Crippen LogP contribution >= 0.6 is 11.3 Å². The molecule has 4 heterocycles. The summed E-state index contributed by atoms with van der Waals surface area (Å²) in [7, 11) is 1.58. The van der Waals surface area contributed by atoms with Gasteiger partial charge in [0.2, 0.25) is 17.5 Å². The van der Waals surface area contributed by atoms with Gasteiger partial charge in [0, 0.05) is 38.7 Å². The maximum absolute atomic E-state index is 14.1. The first-order valence-corrected chi connectivity index (χ1v) is 9.97. The van der Waals surface area contributed by atoms with E-state index in [1.165, 1.54) is 6.92 Å². The highest BCUT2D eigenvalue weighted by atomic mass is 32.1. The monoisotopic (exact) mass is 420 g/mol. The lowest BCUT2D eigenvalue weighted by Crippen LogP contribution is -2.28. The van der Waals surface area contributed by atoms with Crippen molar-refractivity contribution in [3.05, 3.63) is 29.2 Å². The van der Waals surface area contributed by atoms with Gasteiger partial charge in [-0.15, -0.1) is 5.10 Å². The second kappa shape index (κ2) is 7.91. The van der Waals surface area contributed by atoms with E-state index in [1.54, 1.807) is 17.8 Å². The molecule has 29 heavy (non-hydrogen) atoms. The lowest BCUT2D eigenvalue weighted by atomic mass is 10.2. The van der Waals surface area contributed by atoms with E-state index >= 15 is 0 Å². The number of fused-ring (bicyclic) bond motifs is 1. The van der Waals surface area contributed by atoms with Crippen LogP contribution in [-0.2, 0) is 11.3 Å². The number of likely N-dealkylation sites (tertiary alicyclic amines) is 1. The van der Waals surface area contributed by atoms with E-state index in [0.717, 1.165) is 17.8 Å². The Labute approximate surface area is 170 Å². The van der Waals surface area contributed by atoms with Gasteiger partial charge >= 0.3 is 6.01 Å². The van der Waals surface area contributed by atoms with Crippen LogP contribution in [0.2, 0.25) is 0 Å². The number of ether oxygens (including phenoxy) is 2. The van der Waals surface area contributed by atoms with Gasteiger partial charge in [-0.05, 0) is 19.1 Å². The molecule has 11 heteroatoms. The van der Waals surface area contributed by atoms with Crippen molar-refractivity contribution in [1.29, 1.82) is 0 Å². The van der Waals surface area contributed by atoms with Crippen LogP contribution in [-0.4, -0.2) is 56.2 Å². The standard InChI is InChI=1S/C18H21FN6O3S/c1-10-7-12(28-17-22-16-13(27-3)5-4-6-25(16)23-17)8-24(10)9-14-15(19)21-18(29-14)20-11(2)26/h4-6,10,12H,7-9H2,1-3H3,(H,20,21,26)/t10-,12+/m0/s1. The number of carbonyl (C=O) groups is 1. The average molecular weight is 420 g/mol. The molecule has 1 aliphatic heterocycles. The fraction of sp³-hybridized carbons (Fsp3) is 0.444. The number of methoxy groups -OCH3 is 1. The van der Waals surface area contributed by atoms with Crippen molar-refractivity contribution in [3.8, 4) is 11.8 Å². The molecule has 0 unspecified atom stereocenters. The average Bonchev–Trinajstić information content (AvgIpc) is 3.32. The van der Waals surface area contributed by atoms with Gasteiger partial charge in [-0.1, -0.05) is 11.3 Å². The molecule has 2 atom stereocenters. The summed E-state index contributed by atoms with van der Waals surface area (Å²) in [5, 5.41) is 7.13. The molecule has 3 aromatic rings. The number of nitrogens with one attached hydrogen (secondary N) is 1. The molecule has 9 nitrogen and oxygen atoms in total. The molecule has 0 aliphatic carbocycles. The maximum Gasteiger partial charge on any atom is 0.336 e. The third-order valence-corrected chi connectivity index (χ3v) is 5.67. The summed E-state index contributed by atoms with van der Waals surface area (Å²) in [6.45, 7) is 4.45. The summed E-state index contributed by atoms with van der Waals surface area (Å²) in [6, 6.07) is 4.11. The topological polar surface area (TPSA) is 93.9 Å². The van der Waals surface area contributed by atoms with Crippen molar-refractivity contribution >= 4 is 28.0 Å². The predicted octanol–water partition coefficient (Wildman–Crippen LogP) is 2.33. The van der Waals surface area contributed by atoms with Crippen molar-refractivity contribution in [2.45, 2.75) is 39.0 Å². The predicted molar refractivity (Wildman–Crippen MR) is 105 cm³/mol. The minimum Gasteiger partial charge on any atom is -0.493 e. The number of hydrogen-bond acceptors (Lipinski definition) is 8. The van der Waals surface area contributed by atoms with Crippen molar-refractivity contribution in [2.24, 2.45) is 0 Å². The number of nitrogens with zero attached hydrogens (tertiary/aromatic N) is 5. The molecule has 0 aromatic carbocycles. The summed E-state index contributed by atoms with van der Waals surface area (Å²) >= 11 is 1.15. The van der Waals surface area contributed by atoms with Gasteiger partial charge in [0.1, 0.15) is 6.10 Å². The Kier molecular flexibility index (Phi) is 5.33. The number of pyridine rings is 1. The normalized spacial score (nSPS) is 19.6. The quantitative estimate of drug-likeness (QED) is 0.654. The highest BCUT2D eigenvalue weighted by Crippen LogP contribution is 2.29. The molecule has 0 bridgehead atoms. The van der Waals surface area contributed by atoms with Crippen LogP contribution < -0.4 is 14.8 Å². The summed E-state index contributed by atoms with van der Waals surface area (Å²) in [5.41, 5.74) is 0.588. The van der Waals surface area contributed by atoms with Crippen LogP contribution in [0.25, 0.3) is 5.65 Å². The van der Waals surface area contributed by atoms with Crippen LogP contribution in [0.5, 0.6) is 11.8 Å². The lowest BCUT2D eigenvalue weighted by molar-refractivity contribution is -0.114. The Balaban J connectivity index is 1.42. The Hall–Kier alpha value is -2.79. The van der Waals surface area contributed by atoms with E-state index in [4.69, 9.17) is 9.47 Å². The van der Waals surface area contributed by atoms with E-state index in [0.29, 0.717) is 29.4 Å². The van der Waals surface area contributed by atoms with Gasteiger partial charge in [0.15, 0.2) is 10.9 Å². The van der Waals surface area contributed by atoms with Crippen molar-refractivity contribution < 1.29 is 18.7 Å². The van der Waals surface area contributed by atoms with Gasteiger partial charge in [0.25, 0.3) is 0 Å². The van der Waals surface area contributed by atoms with Crippen LogP contribution in [0.3, 0.4) is 0 Å². The summed E-state index contributed by atoms with van der Waals surface area (Å²) in [5.74, 6) is -0.207. The minimum absolute atomic E-state index is 0.112. The highest BCUT2D eigenvalue weighted by Gasteiger charge is 2.32. The van der Waals surface area contributed by atoms with E-state index < -0.39 is 5.95 Å². The van der Waals surface area contributed by atoms with Gasteiger partial charge < -0.3 is 14.8 Å². The van der Waals surface area contributed by atoms with E-state index in [2.05, 4.69) is 32.2 Å². The first kappa shape index (κ1) is 19.5. The second-order valence-electron chi connectivity index (χ2n) is 6.91. The third kappa shape index (κ3) is 4.15. The Morgan fingerprint density at radius 2 is 2.28 bits per heavy atom. The number of rotatable bonds is 6. The fourth-order valence-electron chi connectivity index (χ4n) is 3.39. The number of aromatic nitrogens is 4. The zero-order valence-electron chi connectivity index (χ0n) is 16.3. The Morgan fingerprint density at radius 1 is 1.45 bits per heavy atom. The van der Waals surface area contributed by atoms with Crippen LogP contribution in [0, 0.1) is 5.95 Å². The van der Waals surface area contributed by atoms with Crippen LogP contribution in [0.4, 0.5) is 9.52 Å². The number of anilines is 1. The number of carbonyl (C=O) groups excluding carboxylic acids is 1. The molecule has 0 spiro atoms. The Morgan fingerprint density at radius 3 is 3.03 bits per heavy atom. The van der Waals surface area contributed by atoms with Crippen molar-refractivity contribution in [2.75, 3.05) is 19.0 Å². The largest absolute Gasteiger partial charge is 0.493 e. The van der Waals surface area contributed by atoms with E-state index in [-0.39, 0.29) is 29.2 Å². The lowest BCUT2D eigenvalue weighted by Gasteiger charge is -2.19. The molecule has 1 aliphatic rings. The van der Waals surface area contributed by atoms with Crippen LogP contribution in [0.15, 0.2) is 18.3 Å². The van der Waals surface area contributed by atoms with Gasteiger partial charge in [-0.3, -0.25) is 9.69 Å². The summed E-state index contributed by atoms with van der Waals surface area (Å²) in [6.07, 6.45) is 2.44. The molecular formula is C18H21FN6O3S. The SMILES string of the molecule is COc1cccn2nc(O[C@@H]3C[C@H](C)N(Cc4sc(NC(C)=O)nc4F)C3)nc12. The zero-order valence-corrected chi connectivity index (χ0v) is 17.1. The van der Waals surface area contributed by atoms with Gasteiger partial charge in [-0.25, -0.2) is 4.52 Å². The molecular weight excluding hydrogens is 399 g/mol. The zero-order chi connectivity index (χ0) is 20.5. The minimum atomic E-state index is -0.551. The third-order valence-electron chi connectivity index (χ3n) is 4.74. The maximum atomic E-state index is 14.1. The molecule has 0 radical (unpaired) electrons. The van der Waals surface area contributed by atoms with Crippen LogP contribution in [0.1, 0.15) is 25.1 Å². The van der Waals surface area contributed by atoms with E-state index in [9.17, 15) is 9.18 Å². The first-order valence-electron chi connectivity index (χ1n) is 9.16. The number of hydrogen-bond donors (Lipinski definition) is 1. The molecule has 0 saturated carbocycles. The van der Waals surface area contributed by atoms with Gasteiger partial charge in [-0.2, -0.15) is 14.4 Å².